The number of rotatable bonds is 6. The first kappa shape index (κ1) is 22.4. The molecule has 1 saturated heterocycles. The summed E-state index contributed by atoms with van der Waals surface area (Å²) in [5.41, 5.74) is 0.175. The fraction of sp³-hybridized carbons (Fsp3) is 0.350. The number of hydrogen-bond donors (Lipinski definition) is 1. The molecule has 0 saturated carbocycles. The van der Waals surface area contributed by atoms with E-state index in [1.54, 1.807) is 26.0 Å². The van der Waals surface area contributed by atoms with E-state index in [0.717, 1.165) is 9.87 Å². The van der Waals surface area contributed by atoms with Crippen LogP contribution in [0.1, 0.15) is 25.0 Å². The Hall–Kier alpha value is -2.30. The van der Waals surface area contributed by atoms with E-state index in [1.165, 1.54) is 37.3 Å². The highest BCUT2D eigenvalue weighted by molar-refractivity contribution is 7.94. The van der Waals surface area contributed by atoms with E-state index in [9.17, 15) is 26.0 Å². The van der Waals surface area contributed by atoms with Crippen molar-refractivity contribution in [3.05, 3.63) is 59.4 Å². The lowest BCUT2D eigenvalue weighted by atomic mass is 9.95. The van der Waals surface area contributed by atoms with Gasteiger partial charge in [0.15, 0.2) is 0 Å². The van der Waals surface area contributed by atoms with Gasteiger partial charge in [0, 0.05) is 6.54 Å². The van der Waals surface area contributed by atoms with Gasteiger partial charge in [-0.15, -0.1) is 0 Å². The summed E-state index contributed by atoms with van der Waals surface area (Å²) < 4.78 is 66.4. The normalized spacial score (nSPS) is 18.0. The lowest BCUT2D eigenvalue weighted by molar-refractivity contribution is -0.123. The third-order valence-corrected chi connectivity index (χ3v) is 8.53. The van der Waals surface area contributed by atoms with Crippen LogP contribution in [0.3, 0.4) is 0 Å². The van der Waals surface area contributed by atoms with Crippen LogP contribution in [0.4, 0.5) is 10.1 Å². The zero-order valence-corrected chi connectivity index (χ0v) is 18.5. The maximum absolute atomic E-state index is 12.9. The lowest BCUT2D eigenvalue weighted by Gasteiger charge is -2.19. The molecular weight excluding hydrogens is 431 g/mol. The van der Waals surface area contributed by atoms with Crippen molar-refractivity contribution in [1.29, 1.82) is 0 Å². The third kappa shape index (κ3) is 4.40. The zero-order valence-electron chi connectivity index (χ0n) is 16.8. The van der Waals surface area contributed by atoms with Crippen LogP contribution in [-0.4, -0.2) is 35.0 Å². The summed E-state index contributed by atoms with van der Waals surface area (Å²) in [5.74, 6) is -1.21. The molecule has 2 aromatic carbocycles. The smallest absolute Gasteiger partial charge is 0.247 e. The molecule has 0 atom stereocenters. The van der Waals surface area contributed by atoms with Crippen molar-refractivity contribution in [1.82, 2.24) is 4.72 Å². The van der Waals surface area contributed by atoms with Crippen molar-refractivity contribution in [3.63, 3.8) is 0 Å². The van der Waals surface area contributed by atoms with E-state index < -0.39 is 31.4 Å². The number of halogens is 1. The zero-order chi connectivity index (χ0) is 22.3. The van der Waals surface area contributed by atoms with Crippen LogP contribution in [0.5, 0.6) is 0 Å². The second-order valence-electron chi connectivity index (χ2n) is 7.93. The van der Waals surface area contributed by atoms with Crippen molar-refractivity contribution in [2.24, 2.45) is 5.41 Å². The van der Waals surface area contributed by atoms with Gasteiger partial charge in [0.1, 0.15) is 5.82 Å². The van der Waals surface area contributed by atoms with E-state index >= 15 is 0 Å². The average Bonchev–Trinajstić information content (AvgIpc) is 2.79. The van der Waals surface area contributed by atoms with Crippen molar-refractivity contribution >= 4 is 31.6 Å². The van der Waals surface area contributed by atoms with Crippen LogP contribution in [0.25, 0.3) is 0 Å². The molecule has 0 spiro atoms. The summed E-state index contributed by atoms with van der Waals surface area (Å²) in [5, 5.41) is 0. The van der Waals surface area contributed by atoms with Gasteiger partial charge < -0.3 is 0 Å². The highest BCUT2D eigenvalue weighted by atomic mass is 32.2. The Balaban J connectivity index is 1.79. The first-order valence-corrected chi connectivity index (χ1v) is 12.3. The molecule has 1 fully saturated rings. The maximum Gasteiger partial charge on any atom is 0.247 e. The fourth-order valence-corrected chi connectivity index (χ4v) is 6.74. The molecule has 2 aromatic rings. The van der Waals surface area contributed by atoms with Crippen molar-refractivity contribution < 1.29 is 26.0 Å². The molecule has 0 bridgehead atoms. The van der Waals surface area contributed by atoms with E-state index in [1.807, 2.05) is 0 Å². The second-order valence-corrected chi connectivity index (χ2v) is 11.5. The minimum absolute atomic E-state index is 0.00587. The Morgan fingerprint density at radius 2 is 1.77 bits per heavy atom. The number of amides is 1. The SMILES string of the molecule is Cc1cc(N2C(=O)C(C)(C)CS2(=O)=O)ccc1S(=O)(=O)NCCc1ccc(F)cc1. The van der Waals surface area contributed by atoms with Gasteiger partial charge in [-0.1, -0.05) is 12.1 Å². The molecule has 1 aliphatic heterocycles. The number of nitrogens with zero attached hydrogens (tertiary/aromatic N) is 1. The Morgan fingerprint density at radius 3 is 2.30 bits per heavy atom. The quantitative estimate of drug-likeness (QED) is 0.722. The van der Waals surface area contributed by atoms with Gasteiger partial charge in [-0.2, -0.15) is 0 Å². The lowest BCUT2D eigenvalue weighted by Crippen LogP contribution is -2.33. The number of carbonyl (C=O) groups is 1. The maximum atomic E-state index is 12.9. The number of anilines is 1. The molecule has 3 rings (SSSR count). The predicted octanol–water partition coefficient (Wildman–Crippen LogP) is 2.36. The molecule has 1 aliphatic rings. The van der Waals surface area contributed by atoms with Crippen LogP contribution in [0, 0.1) is 18.2 Å². The molecular formula is C20H23FN2O5S2. The van der Waals surface area contributed by atoms with Crippen LogP contribution >= 0.6 is 0 Å². The fourth-order valence-electron chi connectivity index (χ4n) is 3.38. The molecule has 1 heterocycles. The second kappa shape index (κ2) is 7.75. The first-order chi connectivity index (χ1) is 13.8. The van der Waals surface area contributed by atoms with Crippen molar-refractivity contribution in [2.75, 3.05) is 16.6 Å². The van der Waals surface area contributed by atoms with Crippen LogP contribution in [-0.2, 0) is 31.3 Å². The van der Waals surface area contributed by atoms with Crippen LogP contribution in [0.15, 0.2) is 47.4 Å². The monoisotopic (exact) mass is 454 g/mol. The molecule has 7 nitrogen and oxygen atoms in total. The number of aryl methyl sites for hydroxylation is 1. The van der Waals surface area contributed by atoms with E-state index in [4.69, 9.17) is 0 Å². The minimum atomic E-state index is -3.85. The van der Waals surface area contributed by atoms with Gasteiger partial charge in [0.2, 0.25) is 26.0 Å². The van der Waals surface area contributed by atoms with Crippen molar-refractivity contribution in [3.8, 4) is 0 Å². The Bertz CT molecular complexity index is 1190. The summed E-state index contributed by atoms with van der Waals surface area (Å²) in [6.45, 7) is 4.77. The molecule has 30 heavy (non-hydrogen) atoms. The van der Waals surface area contributed by atoms with E-state index in [0.29, 0.717) is 12.0 Å². The van der Waals surface area contributed by atoms with Gasteiger partial charge in [-0.3, -0.25) is 4.79 Å². The molecule has 1 N–H and O–H groups in total. The molecule has 0 unspecified atom stereocenters. The largest absolute Gasteiger partial charge is 0.273 e. The summed E-state index contributed by atoms with van der Waals surface area (Å²) in [7, 11) is -7.67. The molecule has 0 aromatic heterocycles. The molecule has 10 heteroatoms. The topological polar surface area (TPSA) is 101 Å². The Labute approximate surface area is 176 Å². The highest BCUT2D eigenvalue weighted by Gasteiger charge is 2.50. The number of carbonyl (C=O) groups excluding carboxylic acids is 1. The number of sulfonamides is 2. The third-order valence-electron chi connectivity index (χ3n) is 4.89. The highest BCUT2D eigenvalue weighted by Crippen LogP contribution is 2.36. The average molecular weight is 455 g/mol. The van der Waals surface area contributed by atoms with Crippen LogP contribution in [0.2, 0.25) is 0 Å². The Morgan fingerprint density at radius 1 is 1.13 bits per heavy atom. The number of benzene rings is 2. The van der Waals surface area contributed by atoms with Gasteiger partial charge >= 0.3 is 0 Å². The van der Waals surface area contributed by atoms with E-state index in [2.05, 4.69) is 4.72 Å². The van der Waals surface area contributed by atoms with E-state index in [-0.39, 0.29) is 28.7 Å². The molecule has 0 aliphatic carbocycles. The molecule has 162 valence electrons. The van der Waals surface area contributed by atoms with Gasteiger partial charge in [0.25, 0.3) is 0 Å². The van der Waals surface area contributed by atoms with Crippen molar-refractivity contribution in [2.45, 2.75) is 32.1 Å². The molecule has 0 radical (unpaired) electrons. The number of nitrogens with one attached hydrogen (secondary N) is 1. The van der Waals surface area contributed by atoms with Crippen LogP contribution < -0.4 is 9.03 Å². The van der Waals surface area contributed by atoms with Gasteiger partial charge in [-0.25, -0.2) is 30.3 Å². The Kier molecular flexibility index (Phi) is 5.78. The standard InChI is InChI=1S/C20H23FN2O5S2/c1-14-12-17(23-19(24)20(2,3)13-29(23,25)26)8-9-18(14)30(27,28)22-11-10-15-4-6-16(21)7-5-15/h4-9,12,22H,10-11,13H2,1-3H3. The first-order valence-electron chi connectivity index (χ1n) is 9.26. The predicted molar refractivity (Wildman–Crippen MR) is 112 cm³/mol. The summed E-state index contributed by atoms with van der Waals surface area (Å²) in [4.78, 5) is 12.5. The summed E-state index contributed by atoms with van der Waals surface area (Å²) >= 11 is 0. The van der Waals surface area contributed by atoms with Gasteiger partial charge in [0.05, 0.1) is 21.8 Å². The number of hydrogen-bond acceptors (Lipinski definition) is 5. The summed E-state index contributed by atoms with van der Waals surface area (Å²) in [6, 6.07) is 9.77. The minimum Gasteiger partial charge on any atom is -0.273 e. The van der Waals surface area contributed by atoms with Gasteiger partial charge in [-0.05, 0) is 68.7 Å². The summed E-state index contributed by atoms with van der Waals surface area (Å²) in [6.07, 6.45) is 0.381. The molecule has 1 amide bonds.